The molecule has 0 amide bonds. The van der Waals surface area contributed by atoms with E-state index in [4.69, 9.17) is 0 Å². The zero-order chi connectivity index (χ0) is 7.52. The first-order valence-corrected chi connectivity index (χ1v) is 4.10. The summed E-state index contributed by atoms with van der Waals surface area (Å²) in [7, 11) is 0. The Morgan fingerprint density at radius 3 is 2.46 bits per heavy atom. The van der Waals surface area contributed by atoms with E-state index in [1.165, 1.54) is 18.4 Å². The lowest BCUT2D eigenvalue weighted by molar-refractivity contribution is 0.647. The summed E-state index contributed by atoms with van der Waals surface area (Å²) in [5, 5.41) is 3.45. The van der Waals surface area contributed by atoms with Gasteiger partial charge in [0, 0.05) is 18.4 Å². The van der Waals surface area contributed by atoms with Crippen LogP contribution in [0.2, 0.25) is 0 Å². The molecule has 13 heavy (non-hydrogen) atoms. The minimum absolute atomic E-state index is 0. The fourth-order valence-electron chi connectivity index (χ4n) is 1.56. The van der Waals surface area contributed by atoms with Crippen molar-refractivity contribution in [2.45, 2.75) is 18.9 Å². The average Bonchev–Trinajstić information content (AvgIpc) is 2.58. The SMILES string of the molecule is Cl.Cl.c1cc([C@@H]2CCCN2)ccn1. The van der Waals surface area contributed by atoms with Gasteiger partial charge >= 0.3 is 0 Å². The second-order valence-corrected chi connectivity index (χ2v) is 2.93. The number of halogens is 2. The van der Waals surface area contributed by atoms with Gasteiger partial charge in [0.25, 0.3) is 0 Å². The van der Waals surface area contributed by atoms with Crippen LogP contribution in [0.1, 0.15) is 24.4 Å². The van der Waals surface area contributed by atoms with Crippen molar-refractivity contribution in [3.63, 3.8) is 0 Å². The Balaban J connectivity index is 0.000000720. The first-order valence-electron chi connectivity index (χ1n) is 4.10. The fourth-order valence-corrected chi connectivity index (χ4v) is 1.56. The van der Waals surface area contributed by atoms with E-state index >= 15 is 0 Å². The fraction of sp³-hybridized carbons (Fsp3) is 0.444. The molecule has 1 aliphatic rings. The predicted octanol–water partition coefficient (Wildman–Crippen LogP) is 2.35. The van der Waals surface area contributed by atoms with Crippen LogP contribution in [-0.2, 0) is 0 Å². The van der Waals surface area contributed by atoms with Crippen molar-refractivity contribution in [3.8, 4) is 0 Å². The molecular formula is C9H14Cl2N2. The topological polar surface area (TPSA) is 24.9 Å². The van der Waals surface area contributed by atoms with E-state index in [1.54, 1.807) is 0 Å². The molecule has 1 saturated heterocycles. The minimum Gasteiger partial charge on any atom is -0.310 e. The Kier molecular flexibility index (Phi) is 6.04. The van der Waals surface area contributed by atoms with Crippen LogP contribution in [0.4, 0.5) is 0 Å². The van der Waals surface area contributed by atoms with Gasteiger partial charge in [-0.15, -0.1) is 24.8 Å². The normalized spacial score (nSPS) is 20.2. The maximum absolute atomic E-state index is 3.99. The van der Waals surface area contributed by atoms with Crippen molar-refractivity contribution >= 4 is 24.8 Å². The number of nitrogens with one attached hydrogen (secondary N) is 1. The van der Waals surface area contributed by atoms with Gasteiger partial charge in [0.05, 0.1) is 0 Å². The maximum Gasteiger partial charge on any atom is 0.0321 e. The average molecular weight is 221 g/mol. The number of hydrogen-bond donors (Lipinski definition) is 1. The Labute approximate surface area is 91.0 Å². The summed E-state index contributed by atoms with van der Waals surface area (Å²) in [6.07, 6.45) is 6.28. The first-order chi connectivity index (χ1) is 5.47. The van der Waals surface area contributed by atoms with E-state index in [2.05, 4.69) is 22.4 Å². The third-order valence-electron chi connectivity index (χ3n) is 2.17. The van der Waals surface area contributed by atoms with Gasteiger partial charge in [0.1, 0.15) is 0 Å². The third kappa shape index (κ3) is 3.14. The Hall–Kier alpha value is -0.310. The number of nitrogens with zero attached hydrogens (tertiary/aromatic N) is 1. The quantitative estimate of drug-likeness (QED) is 0.787. The van der Waals surface area contributed by atoms with Crippen LogP contribution in [0.3, 0.4) is 0 Å². The van der Waals surface area contributed by atoms with Crippen LogP contribution in [0.25, 0.3) is 0 Å². The summed E-state index contributed by atoms with van der Waals surface area (Å²) in [5.74, 6) is 0. The van der Waals surface area contributed by atoms with E-state index in [9.17, 15) is 0 Å². The summed E-state index contributed by atoms with van der Waals surface area (Å²) in [5.41, 5.74) is 1.37. The van der Waals surface area contributed by atoms with Gasteiger partial charge in [-0.25, -0.2) is 0 Å². The molecule has 0 spiro atoms. The number of pyridine rings is 1. The molecule has 2 rings (SSSR count). The molecule has 0 aromatic carbocycles. The number of hydrogen-bond acceptors (Lipinski definition) is 2. The van der Waals surface area contributed by atoms with Crippen molar-refractivity contribution in [2.75, 3.05) is 6.54 Å². The molecule has 2 nitrogen and oxygen atoms in total. The number of rotatable bonds is 1. The maximum atomic E-state index is 3.99. The standard InChI is InChI=1S/C9H12N2.2ClH/c1-2-9(11-5-1)8-3-6-10-7-4-8;;/h3-4,6-7,9,11H,1-2,5H2;2*1H/t9-;;/m0../s1. The molecule has 0 bridgehead atoms. The highest BCUT2D eigenvalue weighted by atomic mass is 35.5. The van der Waals surface area contributed by atoms with Gasteiger partial charge < -0.3 is 5.32 Å². The van der Waals surface area contributed by atoms with Crippen LogP contribution in [-0.4, -0.2) is 11.5 Å². The molecule has 1 aliphatic heterocycles. The van der Waals surface area contributed by atoms with Crippen LogP contribution < -0.4 is 5.32 Å². The Morgan fingerprint density at radius 2 is 1.92 bits per heavy atom. The van der Waals surface area contributed by atoms with E-state index in [-0.39, 0.29) is 24.8 Å². The summed E-state index contributed by atoms with van der Waals surface area (Å²) >= 11 is 0. The third-order valence-corrected chi connectivity index (χ3v) is 2.17. The highest BCUT2D eigenvalue weighted by Crippen LogP contribution is 2.21. The molecule has 0 radical (unpaired) electrons. The smallest absolute Gasteiger partial charge is 0.0321 e. The first kappa shape index (κ1) is 12.7. The molecule has 2 heterocycles. The van der Waals surface area contributed by atoms with Gasteiger partial charge in [-0.1, -0.05) is 0 Å². The van der Waals surface area contributed by atoms with E-state index in [0.717, 1.165) is 6.54 Å². The van der Waals surface area contributed by atoms with Crippen molar-refractivity contribution in [1.82, 2.24) is 10.3 Å². The van der Waals surface area contributed by atoms with Crippen LogP contribution >= 0.6 is 24.8 Å². The van der Waals surface area contributed by atoms with Crippen molar-refractivity contribution < 1.29 is 0 Å². The highest BCUT2D eigenvalue weighted by Gasteiger charge is 2.14. The Bertz CT molecular complexity index is 222. The monoisotopic (exact) mass is 220 g/mol. The van der Waals surface area contributed by atoms with E-state index in [0.29, 0.717) is 6.04 Å². The molecule has 1 fully saturated rings. The largest absolute Gasteiger partial charge is 0.310 e. The lowest BCUT2D eigenvalue weighted by atomic mass is 10.1. The molecule has 74 valence electrons. The van der Waals surface area contributed by atoms with Crippen LogP contribution in [0.5, 0.6) is 0 Å². The zero-order valence-corrected chi connectivity index (χ0v) is 8.90. The molecule has 1 aromatic rings. The Morgan fingerprint density at radius 1 is 1.23 bits per heavy atom. The van der Waals surface area contributed by atoms with Gasteiger partial charge in [0.2, 0.25) is 0 Å². The number of aromatic nitrogens is 1. The lowest BCUT2D eigenvalue weighted by Gasteiger charge is -2.08. The molecule has 1 atom stereocenters. The summed E-state index contributed by atoms with van der Waals surface area (Å²) in [6, 6.07) is 4.75. The molecule has 4 heteroatoms. The predicted molar refractivity (Wildman–Crippen MR) is 58.7 cm³/mol. The minimum atomic E-state index is 0. The van der Waals surface area contributed by atoms with Gasteiger partial charge in [-0.3, -0.25) is 4.98 Å². The molecule has 0 aliphatic carbocycles. The summed E-state index contributed by atoms with van der Waals surface area (Å²) in [4.78, 5) is 3.99. The van der Waals surface area contributed by atoms with Crippen LogP contribution in [0.15, 0.2) is 24.5 Å². The second-order valence-electron chi connectivity index (χ2n) is 2.93. The summed E-state index contributed by atoms with van der Waals surface area (Å²) in [6.45, 7) is 1.16. The van der Waals surface area contributed by atoms with Gasteiger partial charge in [-0.05, 0) is 37.1 Å². The van der Waals surface area contributed by atoms with Gasteiger partial charge in [0.15, 0.2) is 0 Å². The molecule has 1 N–H and O–H groups in total. The second kappa shape index (κ2) is 6.19. The summed E-state index contributed by atoms with van der Waals surface area (Å²) < 4.78 is 0. The lowest BCUT2D eigenvalue weighted by Crippen LogP contribution is -2.12. The van der Waals surface area contributed by atoms with Crippen molar-refractivity contribution in [3.05, 3.63) is 30.1 Å². The van der Waals surface area contributed by atoms with Crippen LogP contribution in [0, 0.1) is 0 Å². The zero-order valence-electron chi connectivity index (χ0n) is 7.27. The molecule has 0 unspecified atom stereocenters. The molecule has 1 aromatic heterocycles. The van der Waals surface area contributed by atoms with Crippen molar-refractivity contribution in [2.24, 2.45) is 0 Å². The van der Waals surface area contributed by atoms with Gasteiger partial charge in [-0.2, -0.15) is 0 Å². The van der Waals surface area contributed by atoms with E-state index < -0.39 is 0 Å². The molecular weight excluding hydrogens is 207 g/mol. The molecule has 0 saturated carbocycles. The van der Waals surface area contributed by atoms with E-state index in [1.807, 2.05) is 12.4 Å². The highest BCUT2D eigenvalue weighted by molar-refractivity contribution is 5.85. The van der Waals surface area contributed by atoms with Crippen molar-refractivity contribution in [1.29, 1.82) is 0 Å².